The average Bonchev–Trinajstić information content (AvgIpc) is 2.86. The summed E-state index contributed by atoms with van der Waals surface area (Å²) in [7, 11) is 0. The molecule has 0 atom stereocenters. The smallest absolute Gasteiger partial charge is 0.311 e. The van der Waals surface area contributed by atoms with Crippen LogP contribution in [0.15, 0.2) is 18.5 Å². The van der Waals surface area contributed by atoms with Crippen molar-refractivity contribution in [1.29, 1.82) is 0 Å². The van der Waals surface area contributed by atoms with E-state index in [9.17, 15) is 14.7 Å². The van der Waals surface area contributed by atoms with Crippen molar-refractivity contribution in [2.24, 2.45) is 5.41 Å². The van der Waals surface area contributed by atoms with E-state index in [2.05, 4.69) is 10.3 Å². The van der Waals surface area contributed by atoms with E-state index in [1.54, 1.807) is 0 Å². The van der Waals surface area contributed by atoms with E-state index in [-0.39, 0.29) is 18.0 Å². The molecule has 0 radical (unpaired) electrons. The van der Waals surface area contributed by atoms with Crippen molar-refractivity contribution in [3.63, 3.8) is 0 Å². The Morgan fingerprint density at radius 3 is 2.68 bits per heavy atom. The van der Waals surface area contributed by atoms with Crippen molar-refractivity contribution in [2.75, 3.05) is 6.54 Å². The molecule has 1 aromatic heterocycles. The van der Waals surface area contributed by atoms with Gasteiger partial charge in [0.1, 0.15) is 0 Å². The minimum Gasteiger partial charge on any atom is -0.481 e. The number of aliphatic carboxylic acids is 1. The molecule has 102 valence electrons. The number of carbonyl (C=O) groups excluding carboxylic acids is 1. The zero-order valence-electron chi connectivity index (χ0n) is 10.4. The molecule has 0 spiro atoms. The molecule has 1 aliphatic rings. The molecule has 1 amide bonds. The summed E-state index contributed by atoms with van der Waals surface area (Å²) in [6, 6.07) is 1.53. The van der Waals surface area contributed by atoms with E-state index in [0.29, 0.717) is 17.9 Å². The monoisotopic (exact) mass is 282 g/mol. The summed E-state index contributed by atoms with van der Waals surface area (Å²) in [6.07, 6.45) is 5.84. The Kier molecular flexibility index (Phi) is 4.04. The summed E-state index contributed by atoms with van der Waals surface area (Å²) in [5, 5.41) is 12.3. The second-order valence-electron chi connectivity index (χ2n) is 4.83. The maximum atomic E-state index is 12.0. The number of nitrogens with one attached hydrogen (secondary N) is 1. The molecule has 0 bridgehead atoms. The molecular formula is C13H15ClN2O3. The van der Waals surface area contributed by atoms with Gasteiger partial charge >= 0.3 is 5.97 Å². The number of amides is 1. The lowest BCUT2D eigenvalue weighted by molar-refractivity contribution is -0.148. The quantitative estimate of drug-likeness (QED) is 0.886. The highest BCUT2D eigenvalue weighted by Crippen LogP contribution is 2.37. The van der Waals surface area contributed by atoms with Crippen LogP contribution in [-0.2, 0) is 4.79 Å². The zero-order valence-corrected chi connectivity index (χ0v) is 11.1. The third-order valence-corrected chi connectivity index (χ3v) is 3.94. The standard InChI is InChI=1S/C13H15ClN2O3/c14-10-3-6-15-7-9(10)11(17)16-8-13(12(18)19)4-1-2-5-13/h3,6-7H,1-2,4-5,8H2,(H,16,17)(H,18,19). The van der Waals surface area contributed by atoms with Gasteiger partial charge in [-0.2, -0.15) is 0 Å². The molecular weight excluding hydrogens is 268 g/mol. The third-order valence-electron chi connectivity index (χ3n) is 3.61. The minimum absolute atomic E-state index is 0.131. The highest BCUT2D eigenvalue weighted by atomic mass is 35.5. The average molecular weight is 283 g/mol. The molecule has 0 aromatic carbocycles. The number of pyridine rings is 1. The van der Waals surface area contributed by atoms with Crippen molar-refractivity contribution >= 4 is 23.5 Å². The fourth-order valence-corrected chi connectivity index (χ4v) is 2.60. The molecule has 1 aliphatic carbocycles. The fraction of sp³-hybridized carbons (Fsp3) is 0.462. The van der Waals surface area contributed by atoms with E-state index >= 15 is 0 Å². The molecule has 1 fully saturated rings. The first-order valence-electron chi connectivity index (χ1n) is 6.16. The van der Waals surface area contributed by atoms with Gasteiger partial charge in [0.25, 0.3) is 5.91 Å². The summed E-state index contributed by atoms with van der Waals surface area (Å²) < 4.78 is 0. The van der Waals surface area contributed by atoms with Gasteiger partial charge in [-0.1, -0.05) is 24.4 Å². The van der Waals surface area contributed by atoms with E-state index in [4.69, 9.17) is 11.6 Å². The summed E-state index contributed by atoms with van der Waals surface area (Å²) in [4.78, 5) is 27.1. The topological polar surface area (TPSA) is 79.3 Å². The number of rotatable bonds is 4. The predicted molar refractivity (Wildman–Crippen MR) is 70.1 cm³/mol. The van der Waals surface area contributed by atoms with Gasteiger partial charge in [0.05, 0.1) is 16.0 Å². The van der Waals surface area contributed by atoms with Gasteiger partial charge in [0.15, 0.2) is 0 Å². The SMILES string of the molecule is O=C(NCC1(C(=O)O)CCCC1)c1cnccc1Cl. The van der Waals surface area contributed by atoms with E-state index in [1.165, 1.54) is 18.5 Å². The van der Waals surface area contributed by atoms with Crippen LogP contribution in [0.4, 0.5) is 0 Å². The molecule has 6 heteroatoms. The van der Waals surface area contributed by atoms with Crippen molar-refractivity contribution in [3.8, 4) is 0 Å². The van der Waals surface area contributed by atoms with Gasteiger partial charge in [-0.25, -0.2) is 0 Å². The Morgan fingerprint density at radius 1 is 1.42 bits per heavy atom. The number of aromatic nitrogens is 1. The lowest BCUT2D eigenvalue weighted by Gasteiger charge is -2.24. The first-order valence-corrected chi connectivity index (χ1v) is 6.54. The van der Waals surface area contributed by atoms with Crippen LogP contribution in [0.25, 0.3) is 0 Å². The van der Waals surface area contributed by atoms with Gasteiger partial charge in [-0.05, 0) is 18.9 Å². The van der Waals surface area contributed by atoms with Crippen LogP contribution >= 0.6 is 11.6 Å². The molecule has 1 aromatic rings. The Morgan fingerprint density at radius 2 is 2.11 bits per heavy atom. The Bertz CT molecular complexity index is 498. The maximum Gasteiger partial charge on any atom is 0.311 e. The number of carbonyl (C=O) groups is 2. The fourth-order valence-electron chi connectivity index (χ4n) is 2.41. The molecule has 2 N–H and O–H groups in total. The Hall–Kier alpha value is -1.62. The predicted octanol–water partition coefficient (Wildman–Crippen LogP) is 2.11. The van der Waals surface area contributed by atoms with E-state index < -0.39 is 11.4 Å². The highest BCUT2D eigenvalue weighted by Gasteiger charge is 2.41. The van der Waals surface area contributed by atoms with Crippen LogP contribution in [0.5, 0.6) is 0 Å². The number of hydrogen-bond acceptors (Lipinski definition) is 3. The normalized spacial score (nSPS) is 17.1. The van der Waals surface area contributed by atoms with E-state index in [1.807, 2.05) is 0 Å². The second-order valence-corrected chi connectivity index (χ2v) is 5.24. The Balaban J connectivity index is 2.04. The highest BCUT2D eigenvalue weighted by molar-refractivity contribution is 6.33. The Labute approximate surface area is 116 Å². The van der Waals surface area contributed by atoms with Crippen LogP contribution < -0.4 is 5.32 Å². The van der Waals surface area contributed by atoms with Gasteiger partial charge < -0.3 is 10.4 Å². The van der Waals surface area contributed by atoms with E-state index in [0.717, 1.165) is 12.8 Å². The largest absolute Gasteiger partial charge is 0.481 e. The number of halogens is 1. The van der Waals surface area contributed by atoms with Gasteiger partial charge in [0, 0.05) is 18.9 Å². The van der Waals surface area contributed by atoms with Crippen LogP contribution in [-0.4, -0.2) is 28.5 Å². The molecule has 0 unspecified atom stereocenters. The molecule has 0 aliphatic heterocycles. The van der Waals surface area contributed by atoms with Crippen LogP contribution in [0.1, 0.15) is 36.0 Å². The molecule has 2 rings (SSSR count). The first-order chi connectivity index (χ1) is 9.05. The van der Waals surface area contributed by atoms with Gasteiger partial charge in [0.2, 0.25) is 0 Å². The summed E-state index contributed by atoms with van der Waals surface area (Å²) in [6.45, 7) is 0.131. The number of carboxylic acid groups (broad SMARTS) is 1. The van der Waals surface area contributed by atoms with Crippen molar-refractivity contribution in [2.45, 2.75) is 25.7 Å². The molecule has 0 saturated heterocycles. The first kappa shape index (κ1) is 13.8. The maximum absolute atomic E-state index is 12.0. The number of hydrogen-bond donors (Lipinski definition) is 2. The van der Waals surface area contributed by atoms with Crippen LogP contribution in [0.3, 0.4) is 0 Å². The molecule has 1 saturated carbocycles. The molecule has 5 nitrogen and oxygen atoms in total. The summed E-state index contributed by atoms with van der Waals surface area (Å²) in [5.41, 5.74) is -0.563. The molecule has 19 heavy (non-hydrogen) atoms. The summed E-state index contributed by atoms with van der Waals surface area (Å²) in [5.74, 6) is -1.23. The van der Waals surface area contributed by atoms with Crippen LogP contribution in [0.2, 0.25) is 5.02 Å². The van der Waals surface area contributed by atoms with Gasteiger partial charge in [-0.15, -0.1) is 0 Å². The lowest BCUT2D eigenvalue weighted by atomic mass is 9.86. The van der Waals surface area contributed by atoms with Crippen LogP contribution in [0, 0.1) is 5.41 Å². The van der Waals surface area contributed by atoms with Crippen molar-refractivity contribution in [1.82, 2.24) is 10.3 Å². The summed E-state index contributed by atoms with van der Waals surface area (Å²) >= 11 is 5.89. The second kappa shape index (κ2) is 5.57. The number of carboxylic acids is 1. The third kappa shape index (κ3) is 2.87. The van der Waals surface area contributed by atoms with Crippen molar-refractivity contribution in [3.05, 3.63) is 29.0 Å². The molecule has 1 heterocycles. The number of nitrogens with zero attached hydrogens (tertiary/aromatic N) is 1. The zero-order chi connectivity index (χ0) is 13.9. The van der Waals surface area contributed by atoms with Crippen molar-refractivity contribution < 1.29 is 14.7 Å². The minimum atomic E-state index is -0.845. The van der Waals surface area contributed by atoms with Gasteiger partial charge in [-0.3, -0.25) is 14.6 Å². The lowest BCUT2D eigenvalue weighted by Crippen LogP contribution is -2.41.